The molecular formula is C26H26N4O3. The quantitative estimate of drug-likeness (QED) is 0.463. The molecule has 1 aliphatic rings. The van der Waals surface area contributed by atoms with Gasteiger partial charge in [0.25, 0.3) is 5.91 Å². The van der Waals surface area contributed by atoms with E-state index in [-0.39, 0.29) is 11.6 Å². The maximum atomic E-state index is 12.8. The number of benzene rings is 2. The van der Waals surface area contributed by atoms with Crippen LogP contribution in [0, 0.1) is 5.41 Å². The zero-order valence-corrected chi connectivity index (χ0v) is 18.2. The molecule has 1 fully saturated rings. The zero-order valence-electron chi connectivity index (χ0n) is 18.2. The second-order valence-corrected chi connectivity index (χ2v) is 7.58. The van der Waals surface area contributed by atoms with E-state index in [1.54, 1.807) is 30.5 Å². The van der Waals surface area contributed by atoms with Crippen LogP contribution in [0.15, 0.2) is 79.0 Å². The Hall–Kier alpha value is -3.81. The third-order valence-electron chi connectivity index (χ3n) is 5.27. The third kappa shape index (κ3) is 5.71. The third-order valence-corrected chi connectivity index (χ3v) is 5.27. The predicted molar refractivity (Wildman–Crippen MR) is 127 cm³/mol. The molecule has 0 atom stereocenters. The average molecular weight is 443 g/mol. The van der Waals surface area contributed by atoms with Crippen LogP contribution in [-0.2, 0) is 15.9 Å². The van der Waals surface area contributed by atoms with Crippen molar-refractivity contribution in [1.29, 1.82) is 5.41 Å². The molecule has 4 N–H and O–H groups in total. The van der Waals surface area contributed by atoms with E-state index in [1.807, 2.05) is 48.5 Å². The van der Waals surface area contributed by atoms with Crippen LogP contribution in [0.5, 0.6) is 0 Å². The van der Waals surface area contributed by atoms with E-state index in [0.717, 1.165) is 11.3 Å². The van der Waals surface area contributed by atoms with E-state index in [2.05, 4.69) is 10.3 Å². The Morgan fingerprint density at radius 2 is 1.82 bits per heavy atom. The SMILES string of the molecule is N=C(C=C(N)c1ccccc1C(=O)NCCc1ccccn1)c1cccc(C2OCCO2)c1. The van der Waals surface area contributed by atoms with Crippen molar-refractivity contribution < 1.29 is 14.3 Å². The number of aromatic nitrogens is 1. The number of rotatable bonds is 8. The van der Waals surface area contributed by atoms with Crippen molar-refractivity contribution >= 4 is 17.3 Å². The molecule has 7 heteroatoms. The molecule has 1 saturated heterocycles. The summed E-state index contributed by atoms with van der Waals surface area (Å²) in [7, 11) is 0. The van der Waals surface area contributed by atoms with E-state index in [9.17, 15) is 4.79 Å². The van der Waals surface area contributed by atoms with Crippen LogP contribution >= 0.6 is 0 Å². The maximum absolute atomic E-state index is 12.8. The van der Waals surface area contributed by atoms with Crippen LogP contribution in [0.4, 0.5) is 0 Å². The Labute approximate surface area is 192 Å². The molecule has 4 rings (SSSR count). The number of amides is 1. The highest BCUT2D eigenvalue weighted by Crippen LogP contribution is 2.24. The van der Waals surface area contributed by atoms with Gasteiger partial charge in [-0.25, -0.2) is 0 Å². The van der Waals surface area contributed by atoms with Gasteiger partial charge in [-0.15, -0.1) is 0 Å². The minimum atomic E-state index is -0.408. The highest BCUT2D eigenvalue weighted by atomic mass is 16.7. The fourth-order valence-electron chi connectivity index (χ4n) is 3.60. The zero-order chi connectivity index (χ0) is 23.0. The van der Waals surface area contributed by atoms with Crippen LogP contribution in [0.3, 0.4) is 0 Å². The number of hydrogen-bond acceptors (Lipinski definition) is 6. The van der Waals surface area contributed by atoms with Crippen molar-refractivity contribution in [2.24, 2.45) is 5.73 Å². The molecule has 0 spiro atoms. The Bertz CT molecular complexity index is 1150. The number of carbonyl (C=O) groups excluding carboxylic acids is 1. The lowest BCUT2D eigenvalue weighted by atomic mass is 10.0. The molecule has 1 aromatic heterocycles. The fraction of sp³-hybridized carbons (Fsp3) is 0.192. The molecule has 0 saturated carbocycles. The molecule has 3 aromatic rings. The standard InChI is InChI=1S/C26H26N4O3/c27-23(18-6-5-7-19(16-18)26-32-14-15-33-26)17-24(28)21-9-1-2-10-22(21)25(31)30-13-11-20-8-3-4-12-29-20/h1-10,12,16-17,26-27H,11,13-15,28H2,(H,30,31). The molecule has 168 valence electrons. The molecule has 7 nitrogen and oxygen atoms in total. The Morgan fingerprint density at radius 3 is 2.58 bits per heavy atom. The number of nitrogens with two attached hydrogens (primary N) is 1. The number of pyridine rings is 1. The second-order valence-electron chi connectivity index (χ2n) is 7.58. The smallest absolute Gasteiger partial charge is 0.251 e. The number of nitrogens with zero attached hydrogens (tertiary/aromatic N) is 1. The Kier molecular flexibility index (Phi) is 7.24. The summed E-state index contributed by atoms with van der Waals surface area (Å²) < 4.78 is 11.1. The van der Waals surface area contributed by atoms with E-state index in [4.69, 9.17) is 20.6 Å². The van der Waals surface area contributed by atoms with E-state index < -0.39 is 6.29 Å². The van der Waals surface area contributed by atoms with Gasteiger partial charge < -0.3 is 25.9 Å². The summed E-state index contributed by atoms with van der Waals surface area (Å²) in [6.07, 6.45) is 3.52. The maximum Gasteiger partial charge on any atom is 0.251 e. The summed E-state index contributed by atoms with van der Waals surface area (Å²) >= 11 is 0. The largest absolute Gasteiger partial charge is 0.398 e. The molecule has 1 aliphatic heterocycles. The molecule has 0 bridgehead atoms. The summed E-state index contributed by atoms with van der Waals surface area (Å²) in [6.45, 7) is 1.57. The summed E-state index contributed by atoms with van der Waals surface area (Å²) in [5.41, 5.74) is 10.4. The number of nitrogens with one attached hydrogen (secondary N) is 2. The number of hydrogen-bond donors (Lipinski definition) is 3. The lowest BCUT2D eigenvalue weighted by Gasteiger charge is -2.12. The van der Waals surface area contributed by atoms with Gasteiger partial charge >= 0.3 is 0 Å². The molecule has 0 aliphatic carbocycles. The van der Waals surface area contributed by atoms with Crippen LogP contribution in [0.2, 0.25) is 0 Å². The molecular weight excluding hydrogens is 416 g/mol. The summed E-state index contributed by atoms with van der Waals surface area (Å²) in [5.74, 6) is -0.220. The molecule has 0 unspecified atom stereocenters. The molecule has 2 aromatic carbocycles. The van der Waals surface area contributed by atoms with Gasteiger partial charge in [0.1, 0.15) is 0 Å². The van der Waals surface area contributed by atoms with Crippen molar-refractivity contribution in [3.05, 3.63) is 107 Å². The van der Waals surface area contributed by atoms with Gasteiger partial charge in [0.05, 0.1) is 18.9 Å². The topological polar surface area (TPSA) is 110 Å². The van der Waals surface area contributed by atoms with E-state index >= 15 is 0 Å². The summed E-state index contributed by atoms with van der Waals surface area (Å²) in [4.78, 5) is 17.1. The van der Waals surface area contributed by atoms with Gasteiger partial charge in [-0.2, -0.15) is 0 Å². The van der Waals surface area contributed by atoms with Crippen molar-refractivity contribution in [2.45, 2.75) is 12.7 Å². The number of ether oxygens (including phenoxy) is 2. The van der Waals surface area contributed by atoms with Crippen LogP contribution < -0.4 is 11.1 Å². The number of carbonyl (C=O) groups is 1. The normalized spacial score (nSPS) is 14.2. The minimum absolute atomic E-state index is 0.220. The van der Waals surface area contributed by atoms with Gasteiger partial charge in [-0.3, -0.25) is 9.78 Å². The second kappa shape index (κ2) is 10.7. The molecule has 33 heavy (non-hydrogen) atoms. The lowest BCUT2D eigenvalue weighted by Crippen LogP contribution is -2.27. The first-order valence-electron chi connectivity index (χ1n) is 10.8. The lowest BCUT2D eigenvalue weighted by molar-refractivity contribution is -0.0441. The first-order chi connectivity index (χ1) is 16.1. The molecule has 0 radical (unpaired) electrons. The average Bonchev–Trinajstić information content (AvgIpc) is 3.40. The van der Waals surface area contributed by atoms with Gasteiger partial charge in [0.15, 0.2) is 6.29 Å². The van der Waals surface area contributed by atoms with Gasteiger partial charge in [-0.05, 0) is 35.9 Å². The van der Waals surface area contributed by atoms with Crippen LogP contribution in [0.25, 0.3) is 5.70 Å². The van der Waals surface area contributed by atoms with Crippen LogP contribution in [0.1, 0.15) is 39.0 Å². The predicted octanol–water partition coefficient (Wildman–Crippen LogP) is 3.47. The Balaban J connectivity index is 1.46. The van der Waals surface area contributed by atoms with Crippen molar-refractivity contribution in [2.75, 3.05) is 19.8 Å². The first-order valence-corrected chi connectivity index (χ1v) is 10.8. The van der Waals surface area contributed by atoms with Gasteiger partial charge in [0, 0.05) is 47.2 Å². The van der Waals surface area contributed by atoms with Crippen LogP contribution in [-0.4, -0.2) is 36.4 Å². The minimum Gasteiger partial charge on any atom is -0.398 e. The van der Waals surface area contributed by atoms with Crippen molar-refractivity contribution in [1.82, 2.24) is 10.3 Å². The Morgan fingerprint density at radius 1 is 1.06 bits per heavy atom. The fourth-order valence-corrected chi connectivity index (χ4v) is 3.60. The highest BCUT2D eigenvalue weighted by molar-refractivity contribution is 6.11. The van der Waals surface area contributed by atoms with E-state index in [1.165, 1.54) is 0 Å². The summed E-state index contributed by atoms with van der Waals surface area (Å²) in [5, 5.41) is 11.4. The summed E-state index contributed by atoms with van der Waals surface area (Å²) in [6, 6.07) is 20.3. The van der Waals surface area contributed by atoms with Crippen molar-refractivity contribution in [3.63, 3.8) is 0 Å². The van der Waals surface area contributed by atoms with Gasteiger partial charge in [0.2, 0.25) is 0 Å². The molecule has 2 heterocycles. The molecule has 1 amide bonds. The van der Waals surface area contributed by atoms with Gasteiger partial charge in [-0.1, -0.05) is 42.5 Å². The highest BCUT2D eigenvalue weighted by Gasteiger charge is 2.19. The van der Waals surface area contributed by atoms with Crippen molar-refractivity contribution in [3.8, 4) is 0 Å². The number of allylic oxidation sites excluding steroid dienone is 1. The first kappa shape index (κ1) is 22.4. The monoisotopic (exact) mass is 442 g/mol. The van der Waals surface area contributed by atoms with E-state index in [0.29, 0.717) is 48.6 Å².